The number of rotatable bonds is 6. The SMILES string of the molecule is NC(c1ccc(Cl)cc1CNC(=O)[C@@H]1CCCN1C(=O)C1(O)c2ccccc2-c2ccccc21)C(F)F. The number of benzene rings is 3. The van der Waals surface area contributed by atoms with Crippen molar-refractivity contribution in [2.45, 2.75) is 43.5 Å². The molecule has 6 nitrogen and oxygen atoms in total. The zero-order chi connectivity index (χ0) is 26.3. The van der Waals surface area contributed by atoms with Crippen LogP contribution in [0.25, 0.3) is 11.1 Å². The number of amides is 2. The van der Waals surface area contributed by atoms with Crippen molar-refractivity contribution in [3.63, 3.8) is 0 Å². The molecule has 2 amide bonds. The second-order valence-corrected chi connectivity index (χ2v) is 9.82. The number of hydrogen-bond donors (Lipinski definition) is 3. The fourth-order valence-corrected chi connectivity index (χ4v) is 5.62. The quantitative estimate of drug-likeness (QED) is 0.451. The van der Waals surface area contributed by atoms with Crippen LogP contribution in [0.2, 0.25) is 5.02 Å². The maximum absolute atomic E-state index is 13.9. The first kappa shape index (κ1) is 25.3. The van der Waals surface area contributed by atoms with Crippen LogP contribution < -0.4 is 11.1 Å². The van der Waals surface area contributed by atoms with Crippen molar-refractivity contribution < 1.29 is 23.5 Å². The van der Waals surface area contributed by atoms with Gasteiger partial charge in [0.05, 0.1) is 6.04 Å². The van der Waals surface area contributed by atoms with Crippen LogP contribution in [0.15, 0.2) is 66.7 Å². The normalized spacial score (nSPS) is 18.4. The number of carbonyl (C=O) groups is 2. The smallest absolute Gasteiger partial charge is 0.264 e. The molecular formula is C28H26ClF2N3O3. The molecule has 3 aromatic carbocycles. The Labute approximate surface area is 218 Å². The van der Waals surface area contributed by atoms with E-state index in [1.54, 1.807) is 24.3 Å². The van der Waals surface area contributed by atoms with Crippen molar-refractivity contribution in [2.24, 2.45) is 5.73 Å². The zero-order valence-corrected chi connectivity index (χ0v) is 20.6. The van der Waals surface area contributed by atoms with E-state index < -0.39 is 35.9 Å². The van der Waals surface area contributed by atoms with E-state index in [1.807, 2.05) is 24.3 Å². The van der Waals surface area contributed by atoms with Gasteiger partial charge in [-0.25, -0.2) is 8.78 Å². The summed E-state index contributed by atoms with van der Waals surface area (Å²) in [6.07, 6.45) is -1.78. The first-order chi connectivity index (χ1) is 17.7. The van der Waals surface area contributed by atoms with Gasteiger partial charge in [-0.05, 0) is 47.2 Å². The lowest BCUT2D eigenvalue weighted by Crippen LogP contribution is -2.52. The summed E-state index contributed by atoms with van der Waals surface area (Å²) in [4.78, 5) is 28.6. The van der Waals surface area contributed by atoms with Gasteiger partial charge in [-0.1, -0.05) is 66.2 Å². The van der Waals surface area contributed by atoms with Gasteiger partial charge in [-0.2, -0.15) is 0 Å². The second kappa shape index (κ2) is 9.85. The van der Waals surface area contributed by atoms with E-state index in [0.29, 0.717) is 41.1 Å². The van der Waals surface area contributed by atoms with Gasteiger partial charge < -0.3 is 21.1 Å². The average molecular weight is 526 g/mol. The Morgan fingerprint density at radius 1 is 1.08 bits per heavy atom. The van der Waals surface area contributed by atoms with E-state index in [4.69, 9.17) is 17.3 Å². The van der Waals surface area contributed by atoms with Crippen LogP contribution in [0, 0.1) is 0 Å². The van der Waals surface area contributed by atoms with Gasteiger partial charge in [0.15, 0.2) is 5.60 Å². The van der Waals surface area contributed by atoms with Gasteiger partial charge in [-0.15, -0.1) is 0 Å². The minimum Gasteiger partial charge on any atom is -0.372 e. The van der Waals surface area contributed by atoms with Crippen molar-refractivity contribution in [3.8, 4) is 11.1 Å². The number of fused-ring (bicyclic) bond motifs is 3. The Bertz CT molecular complexity index is 1320. The van der Waals surface area contributed by atoms with Crippen LogP contribution in [-0.4, -0.2) is 40.8 Å². The minimum atomic E-state index is -2.78. The number of nitrogens with zero attached hydrogens (tertiary/aromatic N) is 1. The van der Waals surface area contributed by atoms with Crippen molar-refractivity contribution in [1.82, 2.24) is 10.2 Å². The molecule has 1 saturated heterocycles. The lowest BCUT2D eigenvalue weighted by atomic mass is 9.89. The molecule has 37 heavy (non-hydrogen) atoms. The molecule has 4 N–H and O–H groups in total. The van der Waals surface area contributed by atoms with Crippen molar-refractivity contribution in [2.75, 3.05) is 6.54 Å². The first-order valence-electron chi connectivity index (χ1n) is 12.1. The molecule has 1 fully saturated rings. The average Bonchev–Trinajstić information content (AvgIpc) is 3.49. The molecule has 0 aromatic heterocycles. The van der Waals surface area contributed by atoms with Gasteiger partial charge in [0, 0.05) is 29.2 Å². The molecule has 2 aliphatic rings. The van der Waals surface area contributed by atoms with E-state index in [1.165, 1.54) is 23.1 Å². The van der Waals surface area contributed by atoms with Crippen LogP contribution in [-0.2, 0) is 21.7 Å². The third-order valence-electron chi connectivity index (χ3n) is 7.24. The highest BCUT2D eigenvalue weighted by Crippen LogP contribution is 2.48. The Morgan fingerprint density at radius 3 is 2.32 bits per heavy atom. The summed E-state index contributed by atoms with van der Waals surface area (Å²) in [7, 11) is 0. The monoisotopic (exact) mass is 525 g/mol. The van der Waals surface area contributed by atoms with E-state index in [0.717, 1.165) is 11.1 Å². The van der Waals surface area contributed by atoms with E-state index in [-0.39, 0.29) is 12.1 Å². The number of nitrogens with two attached hydrogens (primary N) is 1. The van der Waals surface area contributed by atoms with Crippen LogP contribution in [0.1, 0.15) is 41.1 Å². The van der Waals surface area contributed by atoms with Crippen molar-refractivity contribution in [3.05, 3.63) is 94.0 Å². The summed E-state index contributed by atoms with van der Waals surface area (Å²) in [6.45, 7) is 0.228. The van der Waals surface area contributed by atoms with Gasteiger partial charge >= 0.3 is 0 Å². The lowest BCUT2D eigenvalue weighted by molar-refractivity contribution is -0.151. The highest BCUT2D eigenvalue weighted by molar-refractivity contribution is 6.30. The van der Waals surface area contributed by atoms with Crippen LogP contribution in [0.4, 0.5) is 8.78 Å². The van der Waals surface area contributed by atoms with E-state index in [2.05, 4.69) is 5.32 Å². The summed E-state index contributed by atoms with van der Waals surface area (Å²) in [6, 6.07) is 16.5. The standard InChI is InChI=1S/C28H26ClF2N3O3/c29-17-11-12-18(24(32)25(30)31)16(14-17)15-33-26(35)23-10-5-13-34(23)27(36)28(37)21-8-3-1-6-19(21)20-7-2-4-9-22(20)28/h1-4,6-9,11-12,14,23-25,37H,5,10,13,15,32H2,(H,33,35)/t23-,24?/m0/s1. The number of halogens is 3. The number of alkyl halides is 2. The third kappa shape index (κ3) is 4.29. The Kier molecular flexibility index (Phi) is 6.74. The van der Waals surface area contributed by atoms with E-state index >= 15 is 0 Å². The maximum Gasteiger partial charge on any atom is 0.264 e. The van der Waals surface area contributed by atoms with Gasteiger partial charge in [0.25, 0.3) is 12.3 Å². The molecule has 1 aliphatic heterocycles. The molecule has 9 heteroatoms. The molecular weight excluding hydrogens is 500 g/mol. The molecule has 1 heterocycles. The number of hydrogen-bond acceptors (Lipinski definition) is 4. The first-order valence-corrected chi connectivity index (χ1v) is 12.4. The predicted octanol–water partition coefficient (Wildman–Crippen LogP) is 4.13. The van der Waals surface area contributed by atoms with Crippen LogP contribution in [0.3, 0.4) is 0 Å². The molecule has 0 spiro atoms. The van der Waals surface area contributed by atoms with Gasteiger partial charge in [0.1, 0.15) is 6.04 Å². The zero-order valence-electron chi connectivity index (χ0n) is 19.8. The minimum absolute atomic E-state index is 0.0798. The fourth-order valence-electron chi connectivity index (χ4n) is 5.42. The fraction of sp³-hybridized carbons (Fsp3) is 0.286. The molecule has 1 aliphatic carbocycles. The highest BCUT2D eigenvalue weighted by Gasteiger charge is 2.52. The molecule has 5 rings (SSSR count). The van der Waals surface area contributed by atoms with Crippen LogP contribution >= 0.6 is 11.6 Å². The molecule has 3 aromatic rings. The Morgan fingerprint density at radius 2 is 1.70 bits per heavy atom. The van der Waals surface area contributed by atoms with Crippen molar-refractivity contribution in [1.29, 1.82) is 0 Å². The largest absolute Gasteiger partial charge is 0.372 e. The number of nitrogens with one attached hydrogen (secondary N) is 1. The van der Waals surface area contributed by atoms with Crippen LogP contribution in [0.5, 0.6) is 0 Å². The van der Waals surface area contributed by atoms with Crippen molar-refractivity contribution >= 4 is 23.4 Å². The molecule has 0 radical (unpaired) electrons. The maximum atomic E-state index is 13.9. The predicted molar refractivity (Wildman–Crippen MR) is 136 cm³/mol. The lowest BCUT2D eigenvalue weighted by Gasteiger charge is -2.33. The summed E-state index contributed by atoms with van der Waals surface area (Å²) in [5.41, 5.74) is 6.82. The molecule has 1 unspecified atom stereocenters. The molecule has 0 bridgehead atoms. The number of likely N-dealkylation sites (tertiary alicyclic amines) is 1. The Hall–Kier alpha value is -3.33. The molecule has 2 atom stereocenters. The summed E-state index contributed by atoms with van der Waals surface area (Å²) >= 11 is 6.06. The summed E-state index contributed by atoms with van der Waals surface area (Å²) < 4.78 is 26.5. The summed E-state index contributed by atoms with van der Waals surface area (Å²) in [5, 5.41) is 15.0. The third-order valence-corrected chi connectivity index (χ3v) is 7.47. The molecule has 192 valence electrons. The summed E-state index contributed by atoms with van der Waals surface area (Å²) in [5.74, 6) is -1.00. The topological polar surface area (TPSA) is 95.7 Å². The Balaban J connectivity index is 1.39. The highest BCUT2D eigenvalue weighted by atomic mass is 35.5. The van der Waals surface area contributed by atoms with E-state index in [9.17, 15) is 23.5 Å². The van der Waals surface area contributed by atoms with Gasteiger partial charge in [-0.3, -0.25) is 9.59 Å². The number of carbonyl (C=O) groups excluding carboxylic acids is 2. The molecule has 0 saturated carbocycles. The van der Waals surface area contributed by atoms with Gasteiger partial charge in [0.2, 0.25) is 5.91 Å². The second-order valence-electron chi connectivity index (χ2n) is 9.38. The number of aliphatic hydroxyl groups is 1.